The summed E-state index contributed by atoms with van der Waals surface area (Å²) in [4.78, 5) is 92.4. The molecule has 3 aromatic rings. The van der Waals surface area contributed by atoms with Gasteiger partial charge in [0, 0.05) is 106 Å². The van der Waals surface area contributed by atoms with Crippen molar-refractivity contribution in [3.8, 4) is 5.75 Å². The van der Waals surface area contributed by atoms with E-state index in [9.17, 15) is 28.8 Å². The summed E-state index contributed by atoms with van der Waals surface area (Å²) < 4.78 is 26.5. The third-order valence-corrected chi connectivity index (χ3v) is 17.9. The number of hydroxylamine groups is 2. The van der Waals surface area contributed by atoms with Crippen LogP contribution in [0.15, 0.2) is 66.0 Å². The number of likely N-dealkylation sites (tertiary alicyclic amines) is 1. The molecule has 3 N–H and O–H groups in total. The quantitative estimate of drug-likeness (QED) is 0.0466. The standard InChI is InChI=1S/C52H63B2FN10O9S2/c1-51(2,30-42(66)60-59-40-16-19-61(3)41-29-37(10-11-38(40)41)72-26-5-7-46(70)73-65-44(68)12-13-45(65)69)76-75-27-17-43(67)63-24-22-62(23-25-63)36-14-20-64(21-15-36)50(71)57-32-33-8-9-35(28-39(33)55)58-49-48-47(52(48,53)74-54-49)34-6-4-18-56-31-34/h4,6,8-11,18,28-29,31,36,47-48,58H,5,7,12-17,19-27,30,32H2,1-3H3,(H,57,71)(H,60,66)/b59-40+. The van der Waals surface area contributed by atoms with Gasteiger partial charge in [0.05, 0.1) is 18.7 Å². The molecule has 2 radical (unpaired) electrons. The van der Waals surface area contributed by atoms with Gasteiger partial charge in [0.15, 0.2) is 0 Å². The van der Waals surface area contributed by atoms with Gasteiger partial charge in [-0.15, -0.1) is 5.06 Å². The number of pyridine rings is 1. The van der Waals surface area contributed by atoms with Gasteiger partial charge < -0.3 is 19.4 Å². The molecule has 3 unspecified atom stereocenters. The Morgan fingerprint density at radius 1 is 0.961 bits per heavy atom. The summed E-state index contributed by atoms with van der Waals surface area (Å²) in [5, 5.41) is 11.2. The van der Waals surface area contributed by atoms with E-state index in [4.69, 9.17) is 22.1 Å². The van der Waals surface area contributed by atoms with E-state index < -0.39 is 33.8 Å². The van der Waals surface area contributed by atoms with Crippen LogP contribution in [0.2, 0.25) is 0 Å². The molecule has 6 heterocycles. The van der Waals surface area contributed by atoms with Gasteiger partial charge in [-0.1, -0.05) is 21.6 Å². The summed E-state index contributed by atoms with van der Waals surface area (Å²) >= 11 is 0. The summed E-state index contributed by atoms with van der Waals surface area (Å²) in [6.07, 6.45) is 6.80. The Kier molecular flexibility index (Phi) is 17.3. The second-order valence-electron chi connectivity index (χ2n) is 20.5. The van der Waals surface area contributed by atoms with E-state index in [0.717, 1.165) is 54.0 Å². The van der Waals surface area contributed by atoms with Crippen LogP contribution < -0.4 is 25.7 Å². The van der Waals surface area contributed by atoms with Crippen LogP contribution in [0.5, 0.6) is 5.75 Å². The van der Waals surface area contributed by atoms with Crippen LogP contribution in [0, 0.1) is 11.7 Å². The fourth-order valence-electron chi connectivity index (χ4n) is 10.4. The van der Waals surface area contributed by atoms with Gasteiger partial charge in [-0.25, -0.2) is 10.2 Å². The summed E-state index contributed by atoms with van der Waals surface area (Å²) in [7, 11) is 13.2. The molecule has 5 aliphatic heterocycles. The number of carbonyl (C=O) groups excluding carboxylic acids is 6. The molecule has 76 heavy (non-hydrogen) atoms. The molecule has 24 heteroatoms. The average molecular weight is 1080 g/mol. The molecule has 2 aromatic carbocycles. The normalized spacial score (nSPS) is 22.1. The first-order chi connectivity index (χ1) is 36.5. The molecule has 0 bridgehead atoms. The molecule has 9 rings (SSSR count). The first kappa shape index (κ1) is 54.7. The molecular weight excluding hydrogens is 1010 g/mol. The minimum absolute atomic E-state index is 0.0185. The van der Waals surface area contributed by atoms with Gasteiger partial charge in [0.25, 0.3) is 11.8 Å². The van der Waals surface area contributed by atoms with Crippen LogP contribution in [0.4, 0.5) is 20.6 Å². The van der Waals surface area contributed by atoms with E-state index >= 15 is 4.39 Å². The molecule has 3 atom stereocenters. The first-order valence-corrected chi connectivity index (χ1v) is 28.2. The summed E-state index contributed by atoms with van der Waals surface area (Å²) in [5.41, 5.74) is 7.17. The second-order valence-corrected chi connectivity index (χ2v) is 23.7. The van der Waals surface area contributed by atoms with Gasteiger partial charge in [0.2, 0.25) is 11.8 Å². The molecular formula is C52H63B2FN10O9S2. The predicted molar refractivity (Wildman–Crippen MR) is 290 cm³/mol. The number of aromatic nitrogens is 1. The number of nitrogens with zero attached hydrogens (tertiary/aromatic N) is 7. The Morgan fingerprint density at radius 3 is 2.47 bits per heavy atom. The summed E-state index contributed by atoms with van der Waals surface area (Å²) in [6.45, 7) is 9.04. The number of ether oxygens (including phenoxy) is 1. The summed E-state index contributed by atoms with van der Waals surface area (Å²) in [6, 6.07) is 14.4. The zero-order valence-electron chi connectivity index (χ0n) is 43.1. The number of carbonyl (C=O) groups is 6. The van der Waals surface area contributed by atoms with Gasteiger partial charge in [-0.2, -0.15) is 5.10 Å². The molecule has 19 nitrogen and oxygen atoms in total. The number of hydrogen-bond acceptors (Lipinski definition) is 16. The number of benzene rings is 2. The van der Waals surface area contributed by atoms with Crippen molar-refractivity contribution in [3.05, 3.63) is 83.4 Å². The minimum atomic E-state index is -0.835. The number of nitrogens with one attached hydrogen (secondary N) is 3. The van der Waals surface area contributed by atoms with E-state index in [1.807, 2.05) is 56.1 Å². The van der Waals surface area contributed by atoms with Crippen LogP contribution in [-0.4, -0.2) is 168 Å². The Labute approximate surface area is 451 Å². The number of anilines is 2. The molecule has 1 aromatic heterocycles. The molecule has 4 fully saturated rings. The second kappa shape index (κ2) is 24.0. The topological polar surface area (TPSA) is 208 Å². The Morgan fingerprint density at radius 2 is 1.74 bits per heavy atom. The van der Waals surface area contributed by atoms with Crippen molar-refractivity contribution >= 4 is 94.9 Å². The Hall–Kier alpha value is -6.13. The Bertz CT molecular complexity index is 2730. The number of amides is 6. The SMILES string of the molecule is [B]C12OB=C(Nc3ccc(CNC(=O)N4CCC(N5CCN(C(=O)CCSSC(C)(C)CC(=O)N/N=C6\CCN(C)c7cc(OCCCC(=O)ON8C(=O)CCC8=O)ccc76)CC5)CC4)c(F)c3)C1C2c1cccnc1. The third-order valence-electron chi connectivity index (χ3n) is 14.6. The van der Waals surface area contributed by atoms with Crippen molar-refractivity contribution in [2.75, 3.05) is 75.4 Å². The molecule has 400 valence electrons. The third kappa shape index (κ3) is 13.2. The monoisotopic (exact) mass is 1080 g/mol. The number of hydrazone groups is 1. The van der Waals surface area contributed by atoms with Gasteiger partial charge >= 0.3 is 182 Å². The van der Waals surface area contributed by atoms with Crippen molar-refractivity contribution in [2.45, 2.75) is 100 Å². The van der Waals surface area contributed by atoms with Crippen molar-refractivity contribution in [2.24, 2.45) is 11.0 Å². The van der Waals surface area contributed by atoms with Crippen molar-refractivity contribution in [1.82, 2.24) is 35.5 Å². The molecule has 3 saturated heterocycles. The maximum absolute atomic E-state index is 15.3. The number of rotatable bonds is 20. The van der Waals surface area contributed by atoms with Crippen molar-refractivity contribution < 1.29 is 47.4 Å². The maximum atomic E-state index is 15.3. The van der Waals surface area contributed by atoms with Crippen molar-refractivity contribution in [1.29, 1.82) is 0 Å². The number of imide groups is 1. The van der Waals surface area contributed by atoms with Gasteiger partial charge in [-0.05, 0) is 32.4 Å². The number of hydrogen-bond donors (Lipinski definition) is 3. The molecule has 1 saturated carbocycles. The molecule has 0 spiro atoms. The van der Waals surface area contributed by atoms with Crippen molar-refractivity contribution in [3.63, 3.8) is 0 Å². The van der Waals surface area contributed by atoms with Crippen LogP contribution in [0.1, 0.15) is 94.2 Å². The zero-order valence-corrected chi connectivity index (χ0v) is 44.7. The zero-order chi connectivity index (χ0) is 53.6. The van der Waals surface area contributed by atoms with E-state index in [0.29, 0.717) is 85.8 Å². The molecule has 1 aliphatic carbocycles. The van der Waals surface area contributed by atoms with Crippen LogP contribution in [0.3, 0.4) is 0 Å². The molecule has 6 aliphatic rings. The number of piperidine rings is 1. The number of piperazine rings is 1. The number of halogens is 1. The first-order valence-electron chi connectivity index (χ1n) is 25.9. The average Bonchev–Trinajstić information content (AvgIpc) is 3.93. The number of urea groups is 1. The number of fused-ring (bicyclic) bond motifs is 2. The van der Waals surface area contributed by atoms with Crippen LogP contribution >= 0.6 is 21.6 Å². The fraction of sp³-hybridized carbons (Fsp3) is 0.519. The molecule has 6 amide bonds. The van der Waals surface area contributed by atoms with E-state index in [-0.39, 0.29) is 68.5 Å². The van der Waals surface area contributed by atoms with E-state index in [1.54, 1.807) is 58.1 Å². The van der Waals surface area contributed by atoms with E-state index in [2.05, 4.69) is 35.9 Å². The summed E-state index contributed by atoms with van der Waals surface area (Å²) in [5.74, 6) is -1.12. The fourth-order valence-corrected chi connectivity index (χ4v) is 12.9. The van der Waals surface area contributed by atoms with Gasteiger partial charge in [0.1, 0.15) is 5.75 Å². The van der Waals surface area contributed by atoms with Crippen LogP contribution in [0.25, 0.3) is 0 Å². The van der Waals surface area contributed by atoms with E-state index in [1.165, 1.54) is 6.07 Å². The van der Waals surface area contributed by atoms with Crippen LogP contribution in [-0.2, 0) is 40.0 Å². The Balaban J connectivity index is 0.624. The predicted octanol–water partition coefficient (Wildman–Crippen LogP) is 4.58. The van der Waals surface area contributed by atoms with Gasteiger partial charge in [-0.3, -0.25) is 24.1 Å².